The molecule has 0 saturated carbocycles. The summed E-state index contributed by atoms with van der Waals surface area (Å²) in [5, 5.41) is 15.9. The molecule has 2 aromatic carbocycles. The number of hydrogen-bond donors (Lipinski definition) is 0. The van der Waals surface area contributed by atoms with Gasteiger partial charge in [0.2, 0.25) is 0 Å². The van der Waals surface area contributed by atoms with Crippen LogP contribution in [-0.4, -0.2) is 19.7 Å². The first-order valence-electron chi connectivity index (χ1n) is 9.28. The van der Waals surface area contributed by atoms with Crippen molar-refractivity contribution in [3.8, 4) is 17.3 Å². The lowest BCUT2D eigenvalue weighted by atomic mass is 9.87. The summed E-state index contributed by atoms with van der Waals surface area (Å²) in [4.78, 5) is 8.71. The van der Waals surface area contributed by atoms with Crippen molar-refractivity contribution in [1.82, 2.24) is 19.7 Å². The van der Waals surface area contributed by atoms with Gasteiger partial charge in [0, 0.05) is 28.8 Å². The van der Waals surface area contributed by atoms with Gasteiger partial charge in [0.05, 0.1) is 28.9 Å². The van der Waals surface area contributed by atoms with Gasteiger partial charge in [-0.2, -0.15) is 10.4 Å². The van der Waals surface area contributed by atoms with Crippen molar-refractivity contribution in [2.75, 3.05) is 0 Å². The van der Waals surface area contributed by atoms with E-state index in [0.717, 1.165) is 22.3 Å². The molecule has 0 amide bonds. The molecule has 0 bridgehead atoms. The van der Waals surface area contributed by atoms with Crippen LogP contribution in [0.3, 0.4) is 0 Å². The number of aromatic nitrogens is 4. The molecule has 30 heavy (non-hydrogen) atoms. The minimum Gasteiger partial charge on any atom is -0.252 e. The van der Waals surface area contributed by atoms with Crippen molar-refractivity contribution in [1.29, 1.82) is 5.26 Å². The third-order valence-corrected chi connectivity index (χ3v) is 6.08. The van der Waals surface area contributed by atoms with Crippen molar-refractivity contribution >= 4 is 11.3 Å². The summed E-state index contributed by atoms with van der Waals surface area (Å²) in [7, 11) is 0. The van der Waals surface area contributed by atoms with Gasteiger partial charge in [-0.1, -0.05) is 25.1 Å². The molecule has 2 heterocycles. The van der Waals surface area contributed by atoms with E-state index < -0.39 is 11.6 Å². The minimum absolute atomic E-state index is 0.147. The summed E-state index contributed by atoms with van der Waals surface area (Å²) in [6.07, 6.45) is 3.00. The van der Waals surface area contributed by atoms with Crippen LogP contribution in [0.1, 0.15) is 34.9 Å². The van der Waals surface area contributed by atoms with Crippen LogP contribution in [0, 0.1) is 23.0 Å². The molecule has 0 saturated heterocycles. The number of rotatable bonds is 6. The predicted octanol–water partition coefficient (Wildman–Crippen LogP) is 5.14. The van der Waals surface area contributed by atoms with E-state index in [1.807, 2.05) is 24.4 Å². The van der Waals surface area contributed by atoms with Crippen molar-refractivity contribution in [2.24, 2.45) is 0 Å². The summed E-state index contributed by atoms with van der Waals surface area (Å²) < 4.78 is 29.7. The van der Waals surface area contributed by atoms with Crippen LogP contribution >= 0.6 is 11.3 Å². The smallest absolute Gasteiger partial charge is 0.137 e. The Morgan fingerprint density at radius 3 is 2.63 bits per heavy atom. The highest BCUT2D eigenvalue weighted by atomic mass is 32.1. The van der Waals surface area contributed by atoms with Crippen molar-refractivity contribution < 1.29 is 8.78 Å². The van der Waals surface area contributed by atoms with Gasteiger partial charge in [0.1, 0.15) is 24.3 Å². The SMILES string of the molecule is C[C@@H](c1nc(-c2ccc(C#N)cc2)cs1)[C@@H](Cn1cncn1)c1ccc(F)cc1F. The molecule has 0 aliphatic carbocycles. The van der Waals surface area contributed by atoms with Crippen LogP contribution in [-0.2, 0) is 6.54 Å². The summed E-state index contributed by atoms with van der Waals surface area (Å²) in [5.74, 6) is -1.66. The summed E-state index contributed by atoms with van der Waals surface area (Å²) >= 11 is 1.49. The topological polar surface area (TPSA) is 67.4 Å². The average molecular weight is 421 g/mol. The predicted molar refractivity (Wildman–Crippen MR) is 110 cm³/mol. The van der Waals surface area contributed by atoms with E-state index in [2.05, 4.69) is 16.2 Å². The average Bonchev–Trinajstić information content (AvgIpc) is 3.44. The van der Waals surface area contributed by atoms with Crippen molar-refractivity contribution in [3.05, 3.63) is 88.3 Å². The van der Waals surface area contributed by atoms with E-state index in [9.17, 15) is 8.78 Å². The van der Waals surface area contributed by atoms with Gasteiger partial charge >= 0.3 is 0 Å². The minimum atomic E-state index is -0.610. The first-order chi connectivity index (χ1) is 14.5. The first kappa shape index (κ1) is 19.9. The highest BCUT2D eigenvalue weighted by Crippen LogP contribution is 2.38. The Balaban J connectivity index is 1.66. The fourth-order valence-electron chi connectivity index (χ4n) is 3.37. The highest BCUT2D eigenvalue weighted by molar-refractivity contribution is 7.10. The molecule has 2 aromatic heterocycles. The molecule has 0 radical (unpaired) electrons. The van der Waals surface area contributed by atoms with Gasteiger partial charge < -0.3 is 0 Å². The molecule has 0 aliphatic heterocycles. The lowest BCUT2D eigenvalue weighted by molar-refractivity contribution is 0.440. The van der Waals surface area contributed by atoms with E-state index in [1.54, 1.807) is 23.1 Å². The second-order valence-electron chi connectivity index (χ2n) is 6.94. The van der Waals surface area contributed by atoms with Gasteiger partial charge in [0.15, 0.2) is 0 Å². The van der Waals surface area contributed by atoms with Crippen LogP contribution in [0.4, 0.5) is 8.78 Å². The molecule has 0 aliphatic rings. The second-order valence-corrected chi connectivity index (χ2v) is 7.83. The third-order valence-electron chi connectivity index (χ3n) is 5.04. The third kappa shape index (κ3) is 4.11. The van der Waals surface area contributed by atoms with Crippen LogP contribution < -0.4 is 0 Å². The number of nitrogens with zero attached hydrogens (tertiary/aromatic N) is 5. The van der Waals surface area contributed by atoms with Crippen LogP contribution in [0.15, 0.2) is 60.5 Å². The molecule has 0 fully saturated rings. The van der Waals surface area contributed by atoms with Gasteiger partial charge in [-0.15, -0.1) is 11.3 Å². The normalized spacial score (nSPS) is 13.0. The van der Waals surface area contributed by atoms with E-state index in [1.165, 1.54) is 29.8 Å². The molecule has 0 spiro atoms. The highest BCUT2D eigenvalue weighted by Gasteiger charge is 2.27. The Labute approximate surface area is 176 Å². The van der Waals surface area contributed by atoms with Crippen molar-refractivity contribution in [3.63, 3.8) is 0 Å². The molecule has 0 N–H and O–H groups in total. The molecule has 2 atom stereocenters. The number of thiazole rings is 1. The van der Waals surface area contributed by atoms with E-state index >= 15 is 0 Å². The standard InChI is InChI=1S/C22H17F2N5S/c1-14(22-28-21(11-30-22)16-4-2-15(9-25)3-5-16)19(10-29-13-26-12-27-29)18-7-6-17(23)8-20(18)24/h2-8,11-14,19H,10H2,1H3/t14-,19-/m1/s1. The fraction of sp³-hybridized carbons (Fsp3) is 0.182. The Kier molecular flexibility index (Phi) is 5.63. The number of hydrogen-bond acceptors (Lipinski definition) is 5. The van der Waals surface area contributed by atoms with Gasteiger partial charge in [-0.3, -0.25) is 4.68 Å². The monoisotopic (exact) mass is 421 g/mol. The lowest BCUT2D eigenvalue weighted by Gasteiger charge is -2.23. The Morgan fingerprint density at radius 1 is 1.17 bits per heavy atom. The summed E-state index contributed by atoms with van der Waals surface area (Å²) in [6, 6.07) is 13.0. The maximum absolute atomic E-state index is 14.6. The molecule has 0 unspecified atom stereocenters. The Morgan fingerprint density at radius 2 is 1.97 bits per heavy atom. The first-order valence-corrected chi connectivity index (χ1v) is 10.2. The zero-order valence-corrected chi connectivity index (χ0v) is 16.9. The number of benzene rings is 2. The maximum atomic E-state index is 14.6. The van der Waals surface area contributed by atoms with E-state index in [-0.39, 0.29) is 11.8 Å². The zero-order chi connectivity index (χ0) is 21.1. The van der Waals surface area contributed by atoms with Crippen LogP contribution in [0.25, 0.3) is 11.3 Å². The largest absolute Gasteiger partial charge is 0.252 e. The molecule has 4 aromatic rings. The van der Waals surface area contributed by atoms with Crippen LogP contribution in [0.2, 0.25) is 0 Å². The second kappa shape index (κ2) is 8.51. The lowest BCUT2D eigenvalue weighted by Crippen LogP contribution is -2.17. The van der Waals surface area contributed by atoms with Gasteiger partial charge in [-0.25, -0.2) is 18.7 Å². The maximum Gasteiger partial charge on any atom is 0.137 e. The molecule has 150 valence electrons. The fourth-order valence-corrected chi connectivity index (χ4v) is 4.32. The molecular weight excluding hydrogens is 404 g/mol. The summed E-state index contributed by atoms with van der Waals surface area (Å²) in [5.41, 5.74) is 2.70. The molecule has 4 rings (SSSR count). The van der Waals surface area contributed by atoms with Gasteiger partial charge in [0.25, 0.3) is 0 Å². The van der Waals surface area contributed by atoms with E-state index in [4.69, 9.17) is 10.2 Å². The van der Waals surface area contributed by atoms with Crippen LogP contribution in [0.5, 0.6) is 0 Å². The Hall–Kier alpha value is -3.44. The number of halogens is 2. The molecule has 8 heteroatoms. The Bertz CT molecular complexity index is 1180. The zero-order valence-electron chi connectivity index (χ0n) is 16.0. The molecule has 5 nitrogen and oxygen atoms in total. The summed E-state index contributed by atoms with van der Waals surface area (Å²) in [6.45, 7) is 2.36. The number of nitriles is 1. The quantitative estimate of drug-likeness (QED) is 0.432. The van der Waals surface area contributed by atoms with E-state index in [0.29, 0.717) is 17.7 Å². The molecular formula is C22H17F2N5S. The van der Waals surface area contributed by atoms with Gasteiger partial charge in [-0.05, 0) is 23.8 Å². The van der Waals surface area contributed by atoms with Crippen molar-refractivity contribution in [2.45, 2.75) is 25.3 Å².